The van der Waals surface area contributed by atoms with Crippen LogP contribution in [0.1, 0.15) is 11.1 Å². The van der Waals surface area contributed by atoms with E-state index in [2.05, 4.69) is 232 Å². The van der Waals surface area contributed by atoms with E-state index in [1.54, 1.807) is 6.07 Å². The van der Waals surface area contributed by atoms with E-state index in [0.29, 0.717) is 28.3 Å². The van der Waals surface area contributed by atoms with Crippen molar-refractivity contribution in [3.8, 4) is 74.0 Å². The number of nitriles is 2. The zero-order valence-corrected chi connectivity index (χ0v) is 39.3. The molecule has 4 heterocycles. The Balaban J connectivity index is 1.18. The summed E-state index contributed by atoms with van der Waals surface area (Å²) < 4.78 is 6.90. The molecular weight excluding hydrogens is 889 g/mol. The molecule has 0 radical (unpaired) electrons. The van der Waals surface area contributed by atoms with Crippen LogP contribution in [0.3, 0.4) is 0 Å². The first-order valence-electron chi connectivity index (χ1n) is 24.4. The number of rotatable bonds is 7. The molecule has 0 spiro atoms. The molecule has 0 aliphatic carbocycles. The van der Waals surface area contributed by atoms with Gasteiger partial charge in [0.25, 0.3) is 0 Å². The average Bonchev–Trinajstić information content (AvgIpc) is 4.10. The fraction of sp³-hybridized carbons (Fsp3) is 0. The van der Waals surface area contributed by atoms with E-state index in [1.807, 2.05) is 30.3 Å². The quantitative estimate of drug-likeness (QED) is 0.160. The van der Waals surface area contributed by atoms with Crippen molar-refractivity contribution in [2.24, 2.45) is 0 Å². The summed E-state index contributed by atoms with van der Waals surface area (Å²) in [5, 5.41) is 28.3. The van der Waals surface area contributed by atoms with Gasteiger partial charge in [-0.2, -0.15) is 10.5 Å². The Hall–Kier alpha value is -10.3. The van der Waals surface area contributed by atoms with Gasteiger partial charge >= 0.3 is 0 Å². The van der Waals surface area contributed by atoms with Crippen molar-refractivity contribution in [2.45, 2.75) is 0 Å². The first-order valence-corrected chi connectivity index (χ1v) is 24.4. The lowest BCUT2D eigenvalue weighted by atomic mass is 9.95. The van der Waals surface area contributed by atoms with Gasteiger partial charge in [0.1, 0.15) is 18.0 Å². The molecule has 0 aliphatic heterocycles. The molecule has 0 amide bonds. The van der Waals surface area contributed by atoms with Crippen LogP contribution in [0.2, 0.25) is 0 Å². The smallest absolute Gasteiger partial charge is 0.165 e. The van der Waals surface area contributed by atoms with Crippen LogP contribution in [0.5, 0.6) is 0 Å². The monoisotopic (exact) mass is 928 g/mol. The minimum atomic E-state index is 0.297. The molecule has 0 unspecified atom stereocenters. The maximum absolute atomic E-state index is 11.2. The third-order valence-electron chi connectivity index (χ3n) is 14.6. The molecule has 0 aliphatic rings. The fourth-order valence-corrected chi connectivity index (χ4v) is 11.3. The number of aromatic nitrogens is 4. The normalized spacial score (nSPS) is 11.5. The first kappa shape index (κ1) is 41.7. The molecule has 10 aromatic carbocycles. The van der Waals surface area contributed by atoms with E-state index in [4.69, 9.17) is 4.98 Å². The molecule has 14 aromatic rings. The zero-order chi connectivity index (χ0) is 48.6. The molecule has 338 valence electrons. The average molecular weight is 929 g/mol. The van der Waals surface area contributed by atoms with Crippen molar-refractivity contribution < 1.29 is 0 Å². The molecule has 6 heteroatoms. The van der Waals surface area contributed by atoms with Gasteiger partial charge in [-0.05, 0) is 100 Å². The predicted octanol–water partition coefficient (Wildman–Crippen LogP) is 16.8. The van der Waals surface area contributed by atoms with Gasteiger partial charge in [-0.1, -0.05) is 176 Å². The Kier molecular flexibility index (Phi) is 9.54. The number of hydrogen-bond donors (Lipinski definition) is 0. The van der Waals surface area contributed by atoms with Gasteiger partial charge in [0.15, 0.2) is 5.82 Å². The highest BCUT2D eigenvalue weighted by Crippen LogP contribution is 2.46. The highest BCUT2D eigenvalue weighted by atomic mass is 15.2. The molecule has 4 aromatic heterocycles. The molecule has 0 saturated carbocycles. The second-order valence-corrected chi connectivity index (χ2v) is 18.5. The lowest BCUT2D eigenvalue weighted by molar-refractivity contribution is 0.985. The van der Waals surface area contributed by atoms with Gasteiger partial charge in [0, 0.05) is 43.4 Å². The first-order chi connectivity index (χ1) is 36.1. The molecule has 0 saturated heterocycles. The molecule has 0 N–H and O–H groups in total. The molecule has 6 nitrogen and oxygen atoms in total. The highest BCUT2D eigenvalue weighted by molar-refractivity contribution is 6.14. The van der Waals surface area contributed by atoms with Crippen LogP contribution >= 0.6 is 0 Å². The van der Waals surface area contributed by atoms with Crippen molar-refractivity contribution in [3.05, 3.63) is 254 Å². The van der Waals surface area contributed by atoms with Crippen LogP contribution in [-0.2, 0) is 0 Å². The van der Waals surface area contributed by atoms with Crippen molar-refractivity contribution in [3.63, 3.8) is 0 Å². The van der Waals surface area contributed by atoms with Crippen molar-refractivity contribution in [1.29, 1.82) is 10.5 Å². The van der Waals surface area contributed by atoms with Crippen molar-refractivity contribution >= 4 is 65.4 Å². The lowest BCUT2D eigenvalue weighted by Crippen LogP contribution is -2.11. The van der Waals surface area contributed by atoms with E-state index in [-0.39, 0.29) is 0 Å². The number of para-hydroxylation sites is 3. The minimum Gasteiger partial charge on any atom is -0.305 e. The molecule has 73 heavy (non-hydrogen) atoms. The Morgan fingerprint density at radius 3 is 1.19 bits per heavy atom. The van der Waals surface area contributed by atoms with Gasteiger partial charge in [-0.3, -0.25) is 9.13 Å². The fourth-order valence-electron chi connectivity index (χ4n) is 11.3. The summed E-state index contributed by atoms with van der Waals surface area (Å²) in [4.78, 5) is 6.00. The summed E-state index contributed by atoms with van der Waals surface area (Å²) in [5.74, 6) is 1.33. The van der Waals surface area contributed by atoms with E-state index in [0.717, 1.165) is 110 Å². The Morgan fingerprint density at radius 2 is 0.712 bits per heavy atom. The van der Waals surface area contributed by atoms with E-state index < -0.39 is 0 Å². The van der Waals surface area contributed by atoms with E-state index in [9.17, 15) is 10.5 Å². The number of fused-ring (bicyclic) bond motifs is 9. The number of benzene rings is 10. The Bertz CT molecular complexity index is 4620. The number of hydrogen-bond acceptors (Lipinski definition) is 3. The van der Waals surface area contributed by atoms with Crippen LogP contribution < -0.4 is 0 Å². The maximum Gasteiger partial charge on any atom is 0.165 e. The van der Waals surface area contributed by atoms with Crippen LogP contribution in [0, 0.1) is 22.7 Å². The summed E-state index contributed by atoms with van der Waals surface area (Å²) in [6, 6.07) is 89.7. The maximum atomic E-state index is 11.2. The summed E-state index contributed by atoms with van der Waals surface area (Å²) in [6.45, 7) is 0. The standard InChI is InChI=1S/C67H40N6/c68-41-49-23-16-27-50(58(49)42-69)57-40-65(71-59-28-13-10-24-51(59)54-37-46(31-34-62(54)71)43-17-4-1-5-18-43)70-67(73-61-30-15-12-26-53(61)56-39-48(33-36-64(56)73)45-21-8-3-9-22-45)66(57)72-60-29-14-11-25-52(60)55-38-47(32-35-63(55)72)44-19-6-2-7-20-44/h1-40H. The van der Waals surface area contributed by atoms with Crippen LogP contribution in [0.25, 0.3) is 127 Å². The SMILES string of the molecule is N#Cc1cccc(-c2cc(-n3c4ccccc4c4cc(-c5ccccc5)ccc43)nc(-n3c4ccccc4c4cc(-c5ccccc5)ccc43)c2-n2c3ccccc3c3cc(-c4ccccc4)ccc32)c1C#N. The zero-order valence-electron chi connectivity index (χ0n) is 39.3. The summed E-state index contributed by atoms with van der Waals surface area (Å²) in [7, 11) is 0. The molecule has 14 rings (SSSR count). The van der Waals surface area contributed by atoms with Gasteiger partial charge in [-0.25, -0.2) is 4.98 Å². The molecule has 0 atom stereocenters. The van der Waals surface area contributed by atoms with Gasteiger partial charge in [0.05, 0.1) is 49.9 Å². The highest BCUT2D eigenvalue weighted by Gasteiger charge is 2.28. The summed E-state index contributed by atoms with van der Waals surface area (Å²) in [5.41, 5.74) is 15.4. The van der Waals surface area contributed by atoms with Crippen LogP contribution in [0.4, 0.5) is 0 Å². The second-order valence-electron chi connectivity index (χ2n) is 18.5. The van der Waals surface area contributed by atoms with E-state index in [1.165, 1.54) is 0 Å². The molecular formula is C67H40N6. The topological polar surface area (TPSA) is 75.3 Å². The molecule has 0 bridgehead atoms. The summed E-state index contributed by atoms with van der Waals surface area (Å²) >= 11 is 0. The van der Waals surface area contributed by atoms with Crippen LogP contribution in [-0.4, -0.2) is 18.7 Å². The van der Waals surface area contributed by atoms with Gasteiger partial charge in [-0.15, -0.1) is 0 Å². The molecule has 0 fully saturated rings. The van der Waals surface area contributed by atoms with Gasteiger partial charge < -0.3 is 4.57 Å². The summed E-state index contributed by atoms with van der Waals surface area (Å²) in [6.07, 6.45) is 0. The Labute approximate surface area is 420 Å². The van der Waals surface area contributed by atoms with E-state index >= 15 is 0 Å². The second kappa shape index (κ2) is 16.7. The minimum absolute atomic E-state index is 0.297. The lowest BCUT2D eigenvalue weighted by Gasteiger charge is -2.22. The predicted molar refractivity (Wildman–Crippen MR) is 298 cm³/mol. The largest absolute Gasteiger partial charge is 0.305 e. The Morgan fingerprint density at radius 1 is 0.301 bits per heavy atom. The van der Waals surface area contributed by atoms with Gasteiger partial charge in [0.2, 0.25) is 0 Å². The number of pyridine rings is 1. The number of nitrogens with zero attached hydrogens (tertiary/aromatic N) is 6. The van der Waals surface area contributed by atoms with Crippen LogP contribution in [0.15, 0.2) is 243 Å². The third kappa shape index (κ3) is 6.52. The van der Waals surface area contributed by atoms with Crippen molar-refractivity contribution in [1.82, 2.24) is 18.7 Å². The third-order valence-corrected chi connectivity index (χ3v) is 14.6. The van der Waals surface area contributed by atoms with Crippen molar-refractivity contribution in [2.75, 3.05) is 0 Å².